The predicted octanol–water partition coefficient (Wildman–Crippen LogP) is 8.47. The van der Waals surface area contributed by atoms with Gasteiger partial charge in [0.25, 0.3) is 0 Å². The van der Waals surface area contributed by atoms with Crippen molar-refractivity contribution in [1.29, 1.82) is 0 Å². The van der Waals surface area contributed by atoms with Crippen molar-refractivity contribution < 1.29 is 38.1 Å². The molecule has 0 aliphatic heterocycles. The predicted molar refractivity (Wildman–Crippen MR) is 192 cm³/mol. The smallest absolute Gasteiger partial charge is 0.407 e. The second-order valence-corrected chi connectivity index (χ2v) is 15.3. The number of hydrogen-bond acceptors (Lipinski definition) is 8. The summed E-state index contributed by atoms with van der Waals surface area (Å²) in [5.74, 6) is 2.05. The van der Waals surface area contributed by atoms with Gasteiger partial charge in [0.1, 0.15) is 25.4 Å². The van der Waals surface area contributed by atoms with Gasteiger partial charge in [0.2, 0.25) is 0 Å². The lowest BCUT2D eigenvalue weighted by Gasteiger charge is -2.36. The van der Waals surface area contributed by atoms with Crippen LogP contribution in [0.1, 0.15) is 141 Å². The van der Waals surface area contributed by atoms with E-state index in [2.05, 4.69) is 23.8 Å². The number of amides is 2. The van der Waals surface area contributed by atoms with E-state index in [1.807, 2.05) is 0 Å². The molecule has 2 unspecified atom stereocenters. The number of rotatable bonds is 17. The fourth-order valence-electron chi connectivity index (χ4n) is 8.95. The minimum atomic E-state index is -0.637. The molecule has 4 aliphatic carbocycles. The SMILES string of the molecule is C=CC(=O)OCC(CCCCC(COC(=O)C=C)OC(=O)NC1CCC(C2CCCCC2)CC1)OC(=O)NC1CCC(C2CCCCC2)CC1. The number of carbonyl (C=O) groups is 4. The monoisotopic (exact) mass is 700 g/mol. The molecule has 2 amide bonds. The van der Waals surface area contributed by atoms with Crippen molar-refractivity contribution in [2.45, 2.75) is 166 Å². The topological polar surface area (TPSA) is 129 Å². The highest BCUT2D eigenvalue weighted by atomic mass is 16.6. The molecule has 0 spiro atoms. The number of hydrogen-bond donors (Lipinski definition) is 2. The summed E-state index contributed by atoms with van der Waals surface area (Å²) in [6, 6.07) is 0.181. The standard InChI is InChI=1S/C40H64N2O8/c1-3-37(43)47-27-35(49-39(45)41-33-23-19-31(20-24-33)29-13-7-5-8-14-29)17-11-12-18-36(28-48-38(44)4-2)50-40(46)42-34-25-21-32(22-26-34)30-15-9-6-10-16-30/h3-4,29-36H,1-2,5-28H2,(H,41,45)(H,42,46). The van der Waals surface area contributed by atoms with Gasteiger partial charge in [0, 0.05) is 24.2 Å². The number of carbonyl (C=O) groups excluding carboxylic acids is 4. The van der Waals surface area contributed by atoms with Crippen molar-refractivity contribution >= 4 is 24.1 Å². The van der Waals surface area contributed by atoms with Crippen LogP contribution in [0, 0.1) is 23.7 Å². The van der Waals surface area contributed by atoms with Gasteiger partial charge in [0.15, 0.2) is 0 Å². The van der Waals surface area contributed by atoms with Crippen molar-refractivity contribution in [3.63, 3.8) is 0 Å². The number of unbranched alkanes of at least 4 members (excludes halogenated alkanes) is 1. The zero-order valence-electron chi connectivity index (χ0n) is 30.4. The maximum absolute atomic E-state index is 12.9. The third kappa shape index (κ3) is 14.3. The first-order valence-electron chi connectivity index (χ1n) is 19.9. The minimum absolute atomic E-state index is 0.0744. The normalized spacial score (nSPS) is 26.0. The van der Waals surface area contributed by atoms with E-state index in [-0.39, 0.29) is 25.3 Å². The second-order valence-electron chi connectivity index (χ2n) is 15.3. The summed E-state index contributed by atoms with van der Waals surface area (Å²) in [6.45, 7) is 6.75. The molecule has 10 heteroatoms. The molecule has 0 aromatic heterocycles. The summed E-state index contributed by atoms with van der Waals surface area (Å²) >= 11 is 0. The van der Waals surface area contributed by atoms with Crippen LogP contribution in [0.3, 0.4) is 0 Å². The zero-order valence-corrected chi connectivity index (χ0v) is 30.4. The van der Waals surface area contributed by atoms with E-state index in [4.69, 9.17) is 18.9 Å². The Labute approximate surface area is 300 Å². The Bertz CT molecular complexity index is 985. The molecule has 0 saturated heterocycles. The van der Waals surface area contributed by atoms with E-state index in [0.717, 1.165) is 87.2 Å². The third-order valence-electron chi connectivity index (χ3n) is 11.8. The van der Waals surface area contributed by atoms with Gasteiger partial charge >= 0.3 is 24.1 Å². The first-order chi connectivity index (χ1) is 24.3. The van der Waals surface area contributed by atoms with Crippen LogP contribution >= 0.6 is 0 Å². The summed E-state index contributed by atoms with van der Waals surface area (Å²) in [6.07, 6.45) is 23.9. The first kappa shape index (κ1) is 39.7. The molecule has 4 fully saturated rings. The van der Waals surface area contributed by atoms with Crippen molar-refractivity contribution in [3.05, 3.63) is 25.3 Å². The van der Waals surface area contributed by atoms with E-state index in [1.54, 1.807) is 0 Å². The summed E-state index contributed by atoms with van der Waals surface area (Å²) < 4.78 is 22.0. The molecule has 4 saturated carbocycles. The lowest BCUT2D eigenvalue weighted by molar-refractivity contribution is -0.141. The fourth-order valence-corrected chi connectivity index (χ4v) is 8.95. The highest BCUT2D eigenvalue weighted by Gasteiger charge is 2.31. The van der Waals surface area contributed by atoms with Crippen molar-refractivity contribution in [2.75, 3.05) is 13.2 Å². The molecule has 0 radical (unpaired) electrons. The van der Waals surface area contributed by atoms with E-state index in [0.29, 0.717) is 25.7 Å². The Morgan fingerprint density at radius 3 is 1.20 bits per heavy atom. The molecule has 0 aromatic carbocycles. The van der Waals surface area contributed by atoms with E-state index in [9.17, 15) is 19.2 Å². The van der Waals surface area contributed by atoms with Crippen molar-refractivity contribution in [1.82, 2.24) is 10.6 Å². The van der Waals surface area contributed by atoms with Gasteiger partial charge in [-0.1, -0.05) is 77.4 Å². The molecule has 282 valence electrons. The molecule has 0 heterocycles. The Kier molecular flexibility index (Phi) is 17.5. The van der Waals surface area contributed by atoms with Crippen LogP contribution in [-0.2, 0) is 28.5 Å². The van der Waals surface area contributed by atoms with E-state index < -0.39 is 36.3 Å². The lowest BCUT2D eigenvalue weighted by atomic mass is 9.72. The Hall–Kier alpha value is -3.04. The maximum Gasteiger partial charge on any atom is 0.407 e. The fraction of sp³-hybridized carbons (Fsp3) is 0.800. The number of ether oxygens (including phenoxy) is 4. The average Bonchev–Trinajstić information content (AvgIpc) is 3.15. The van der Waals surface area contributed by atoms with Gasteiger partial charge < -0.3 is 29.6 Å². The van der Waals surface area contributed by atoms with Crippen LogP contribution in [0.2, 0.25) is 0 Å². The molecule has 2 N–H and O–H groups in total. The van der Waals surface area contributed by atoms with Gasteiger partial charge in [0.05, 0.1) is 0 Å². The van der Waals surface area contributed by atoms with Gasteiger partial charge in [-0.25, -0.2) is 19.2 Å². The summed E-state index contributed by atoms with van der Waals surface area (Å²) in [7, 11) is 0. The van der Waals surface area contributed by atoms with Crippen molar-refractivity contribution in [2.24, 2.45) is 23.7 Å². The second kappa shape index (κ2) is 22.0. The Morgan fingerprint density at radius 1 is 0.520 bits per heavy atom. The molecular weight excluding hydrogens is 636 g/mol. The molecule has 2 atom stereocenters. The van der Waals surface area contributed by atoms with Crippen LogP contribution in [0.5, 0.6) is 0 Å². The zero-order chi connectivity index (χ0) is 35.6. The van der Waals surface area contributed by atoms with E-state index in [1.165, 1.54) is 64.2 Å². The van der Waals surface area contributed by atoms with Crippen LogP contribution < -0.4 is 10.6 Å². The van der Waals surface area contributed by atoms with Crippen LogP contribution in [0.4, 0.5) is 9.59 Å². The molecule has 0 aromatic rings. The quantitative estimate of drug-likeness (QED) is 0.0669. The number of esters is 2. The maximum atomic E-state index is 12.9. The van der Waals surface area contributed by atoms with Gasteiger partial charge in [-0.05, 0) is 101 Å². The number of nitrogens with one attached hydrogen (secondary N) is 2. The summed E-state index contributed by atoms with van der Waals surface area (Å²) in [4.78, 5) is 49.4. The van der Waals surface area contributed by atoms with Crippen LogP contribution in [0.15, 0.2) is 25.3 Å². The molecule has 4 rings (SSSR count). The number of alkyl carbamates (subject to hydrolysis) is 2. The highest BCUT2D eigenvalue weighted by molar-refractivity contribution is 5.81. The molecular formula is C40H64N2O8. The Morgan fingerprint density at radius 2 is 0.860 bits per heavy atom. The molecule has 50 heavy (non-hydrogen) atoms. The molecule has 0 bridgehead atoms. The van der Waals surface area contributed by atoms with Gasteiger partial charge in [-0.15, -0.1) is 0 Å². The van der Waals surface area contributed by atoms with Gasteiger partial charge in [-0.3, -0.25) is 0 Å². The Balaban J connectivity index is 1.19. The van der Waals surface area contributed by atoms with E-state index >= 15 is 0 Å². The van der Waals surface area contributed by atoms with Crippen LogP contribution in [-0.4, -0.2) is 61.6 Å². The highest BCUT2D eigenvalue weighted by Crippen LogP contribution is 2.39. The summed E-state index contributed by atoms with van der Waals surface area (Å²) in [5, 5.41) is 6.09. The minimum Gasteiger partial charge on any atom is -0.459 e. The third-order valence-corrected chi connectivity index (χ3v) is 11.8. The molecule has 4 aliphatic rings. The van der Waals surface area contributed by atoms with Gasteiger partial charge in [-0.2, -0.15) is 0 Å². The first-order valence-corrected chi connectivity index (χ1v) is 19.9. The summed E-state index contributed by atoms with van der Waals surface area (Å²) in [5.41, 5.74) is 0. The largest absolute Gasteiger partial charge is 0.459 e. The average molecular weight is 701 g/mol. The van der Waals surface area contributed by atoms with Crippen molar-refractivity contribution in [3.8, 4) is 0 Å². The molecule has 10 nitrogen and oxygen atoms in total. The van der Waals surface area contributed by atoms with Crippen LogP contribution in [0.25, 0.3) is 0 Å². The lowest BCUT2D eigenvalue weighted by Crippen LogP contribution is -2.41.